The van der Waals surface area contributed by atoms with Crippen molar-refractivity contribution < 1.29 is 23.9 Å². The van der Waals surface area contributed by atoms with Crippen molar-refractivity contribution >= 4 is 23.8 Å². The largest absolute Gasteiger partial charge is 0.505 e. The average molecular weight is 458 g/mol. The minimum absolute atomic E-state index is 0.0261. The van der Waals surface area contributed by atoms with E-state index in [1.807, 2.05) is 0 Å². The SMILES string of the molecule is CN(C)C(=O)c1cccc(N/C(C(=O)N(C)N(C)C)=C(/C=O)NCc2cccc(F)c2)c1O. The van der Waals surface area contributed by atoms with Gasteiger partial charge in [-0.3, -0.25) is 19.4 Å². The number of aldehydes is 1. The lowest BCUT2D eigenvalue weighted by Gasteiger charge is -2.27. The predicted octanol–water partition coefficient (Wildman–Crippen LogP) is 1.78. The summed E-state index contributed by atoms with van der Waals surface area (Å²) in [6, 6.07) is 10.3. The summed E-state index contributed by atoms with van der Waals surface area (Å²) in [5, 5.41) is 19.0. The van der Waals surface area contributed by atoms with Crippen molar-refractivity contribution in [3.63, 3.8) is 0 Å². The zero-order chi connectivity index (χ0) is 24.7. The van der Waals surface area contributed by atoms with Crippen LogP contribution in [0.1, 0.15) is 15.9 Å². The molecule has 0 aromatic heterocycles. The highest BCUT2D eigenvalue weighted by atomic mass is 19.1. The van der Waals surface area contributed by atoms with Crippen LogP contribution in [0.3, 0.4) is 0 Å². The highest BCUT2D eigenvalue weighted by Crippen LogP contribution is 2.30. The quantitative estimate of drug-likeness (QED) is 0.228. The number of hydrogen-bond donors (Lipinski definition) is 3. The Balaban J connectivity index is 2.49. The number of hydrazine groups is 1. The fraction of sp³-hybridized carbons (Fsp3) is 0.261. The van der Waals surface area contributed by atoms with Crippen LogP contribution in [0.4, 0.5) is 10.1 Å². The molecule has 33 heavy (non-hydrogen) atoms. The van der Waals surface area contributed by atoms with Gasteiger partial charge in [0.2, 0.25) is 0 Å². The number of aromatic hydroxyl groups is 1. The smallest absolute Gasteiger partial charge is 0.286 e. The lowest BCUT2D eigenvalue weighted by molar-refractivity contribution is -0.137. The molecule has 0 fully saturated rings. The van der Waals surface area contributed by atoms with Crippen LogP contribution < -0.4 is 10.6 Å². The monoisotopic (exact) mass is 457 g/mol. The Morgan fingerprint density at radius 1 is 1.06 bits per heavy atom. The van der Waals surface area contributed by atoms with Gasteiger partial charge in [-0.2, -0.15) is 0 Å². The first-order valence-corrected chi connectivity index (χ1v) is 10.0. The maximum atomic E-state index is 13.5. The summed E-state index contributed by atoms with van der Waals surface area (Å²) in [6.45, 7) is 0.0705. The maximum absolute atomic E-state index is 13.5. The molecule has 176 valence electrons. The number of benzene rings is 2. The topological polar surface area (TPSA) is 105 Å². The van der Waals surface area contributed by atoms with Gasteiger partial charge < -0.3 is 20.6 Å². The lowest BCUT2D eigenvalue weighted by atomic mass is 10.1. The van der Waals surface area contributed by atoms with Gasteiger partial charge in [0.1, 0.15) is 17.2 Å². The number of allylic oxidation sites excluding steroid dienone is 1. The molecule has 0 aliphatic carbocycles. The van der Waals surface area contributed by atoms with E-state index in [2.05, 4.69) is 10.6 Å². The van der Waals surface area contributed by atoms with E-state index < -0.39 is 17.6 Å². The van der Waals surface area contributed by atoms with Crippen LogP contribution >= 0.6 is 0 Å². The fourth-order valence-corrected chi connectivity index (χ4v) is 2.81. The number of carbonyl (C=O) groups excluding carboxylic acids is 3. The highest BCUT2D eigenvalue weighted by Gasteiger charge is 2.24. The van der Waals surface area contributed by atoms with Crippen LogP contribution in [0.5, 0.6) is 5.75 Å². The van der Waals surface area contributed by atoms with Crippen molar-refractivity contribution in [2.45, 2.75) is 6.54 Å². The highest BCUT2D eigenvalue weighted by molar-refractivity contribution is 6.03. The van der Waals surface area contributed by atoms with Crippen molar-refractivity contribution in [1.82, 2.24) is 20.2 Å². The molecule has 0 aliphatic rings. The maximum Gasteiger partial charge on any atom is 0.286 e. The molecule has 9 nitrogen and oxygen atoms in total. The molecule has 0 saturated carbocycles. The van der Waals surface area contributed by atoms with Crippen LogP contribution in [0.15, 0.2) is 53.9 Å². The Labute approximate surface area is 192 Å². The first-order valence-electron chi connectivity index (χ1n) is 10.0. The summed E-state index contributed by atoms with van der Waals surface area (Å²) in [7, 11) is 7.88. The summed E-state index contributed by atoms with van der Waals surface area (Å²) in [5.41, 5.74) is 0.371. The van der Waals surface area contributed by atoms with Crippen LogP contribution in [0, 0.1) is 5.82 Å². The molecule has 0 bridgehead atoms. The Kier molecular flexibility index (Phi) is 8.52. The molecule has 2 rings (SSSR count). The van der Waals surface area contributed by atoms with Gasteiger partial charge >= 0.3 is 0 Å². The Bertz CT molecular complexity index is 1070. The number of nitrogens with zero attached hydrogens (tertiary/aromatic N) is 3. The van der Waals surface area contributed by atoms with Gasteiger partial charge in [0.15, 0.2) is 12.0 Å². The van der Waals surface area contributed by atoms with E-state index in [0.717, 1.165) is 0 Å². The van der Waals surface area contributed by atoms with E-state index in [1.54, 1.807) is 34.3 Å². The number of carbonyl (C=O) groups is 3. The molecule has 0 atom stereocenters. The number of phenolic OH excluding ortho intramolecular Hbond substituents is 1. The van der Waals surface area contributed by atoms with E-state index in [-0.39, 0.29) is 34.9 Å². The van der Waals surface area contributed by atoms with Gasteiger partial charge in [-0.25, -0.2) is 9.40 Å². The first-order chi connectivity index (χ1) is 15.6. The number of para-hydroxylation sites is 1. The van der Waals surface area contributed by atoms with Crippen molar-refractivity contribution in [2.75, 3.05) is 40.6 Å². The summed E-state index contributed by atoms with van der Waals surface area (Å²) >= 11 is 0. The second kappa shape index (κ2) is 11.1. The fourth-order valence-electron chi connectivity index (χ4n) is 2.81. The molecular formula is C23H28FN5O4. The van der Waals surface area contributed by atoms with Crippen molar-refractivity contribution in [1.29, 1.82) is 0 Å². The zero-order valence-corrected chi connectivity index (χ0v) is 19.2. The molecule has 0 radical (unpaired) electrons. The van der Waals surface area contributed by atoms with Crippen LogP contribution in [0.25, 0.3) is 0 Å². The zero-order valence-electron chi connectivity index (χ0n) is 19.2. The number of phenols is 1. The molecule has 0 heterocycles. The molecule has 0 saturated heterocycles. The Morgan fingerprint density at radius 2 is 1.73 bits per heavy atom. The standard InChI is InChI=1S/C23H28FN5O4/c1-27(2)22(32)17-10-7-11-18(21(17)31)26-20(23(33)29(5)28(3)4)19(14-30)25-13-15-8-6-9-16(24)12-15/h6-12,14,25-26,31H,13H2,1-5H3/b20-19-. The Hall–Kier alpha value is -3.92. The average Bonchev–Trinajstić information content (AvgIpc) is 2.78. The number of hydrogen-bond acceptors (Lipinski definition) is 7. The second-order valence-electron chi connectivity index (χ2n) is 7.59. The molecule has 2 aromatic rings. The van der Waals surface area contributed by atoms with Crippen LogP contribution in [-0.2, 0) is 16.1 Å². The third-order valence-electron chi connectivity index (χ3n) is 4.80. The minimum Gasteiger partial charge on any atom is -0.505 e. The third kappa shape index (κ3) is 6.30. The molecule has 0 unspecified atom stereocenters. The van der Waals surface area contributed by atoms with Gasteiger partial charge in [-0.15, -0.1) is 0 Å². The predicted molar refractivity (Wildman–Crippen MR) is 123 cm³/mol. The van der Waals surface area contributed by atoms with Crippen molar-refractivity contribution in [3.05, 3.63) is 70.8 Å². The lowest BCUT2D eigenvalue weighted by Crippen LogP contribution is -2.42. The van der Waals surface area contributed by atoms with E-state index in [4.69, 9.17) is 0 Å². The number of rotatable bonds is 9. The van der Waals surface area contributed by atoms with Gasteiger partial charge in [-0.05, 0) is 29.8 Å². The van der Waals surface area contributed by atoms with E-state index in [0.29, 0.717) is 11.8 Å². The van der Waals surface area contributed by atoms with Crippen LogP contribution in [-0.4, -0.2) is 73.4 Å². The number of anilines is 1. The van der Waals surface area contributed by atoms with Crippen molar-refractivity contribution in [3.8, 4) is 5.75 Å². The number of nitrogens with one attached hydrogen (secondary N) is 2. The Morgan fingerprint density at radius 3 is 2.30 bits per heavy atom. The molecule has 0 spiro atoms. The molecule has 3 N–H and O–H groups in total. The van der Waals surface area contributed by atoms with E-state index in [9.17, 15) is 23.9 Å². The molecule has 2 aromatic carbocycles. The molecule has 0 aliphatic heterocycles. The normalized spacial score (nSPS) is 11.5. The van der Waals surface area contributed by atoms with Crippen molar-refractivity contribution in [2.24, 2.45) is 0 Å². The summed E-state index contributed by atoms with van der Waals surface area (Å²) in [4.78, 5) is 38.7. The summed E-state index contributed by atoms with van der Waals surface area (Å²) in [5.74, 6) is -1.82. The van der Waals surface area contributed by atoms with Gasteiger partial charge in [0.05, 0.1) is 11.3 Å². The van der Waals surface area contributed by atoms with E-state index in [1.165, 1.54) is 58.4 Å². The third-order valence-corrected chi connectivity index (χ3v) is 4.80. The van der Waals surface area contributed by atoms with Crippen LogP contribution in [0.2, 0.25) is 0 Å². The van der Waals surface area contributed by atoms with Gasteiger partial charge in [0.25, 0.3) is 11.8 Å². The second-order valence-corrected chi connectivity index (χ2v) is 7.59. The van der Waals surface area contributed by atoms with Gasteiger partial charge in [-0.1, -0.05) is 18.2 Å². The minimum atomic E-state index is -0.586. The molecular weight excluding hydrogens is 429 g/mol. The molecule has 2 amide bonds. The number of likely N-dealkylation sites (N-methyl/N-ethyl adjacent to an activating group) is 1. The number of amides is 2. The van der Waals surface area contributed by atoms with E-state index >= 15 is 0 Å². The first kappa shape index (κ1) is 25.3. The molecule has 10 heteroatoms. The summed E-state index contributed by atoms with van der Waals surface area (Å²) in [6.07, 6.45) is 0.453. The summed E-state index contributed by atoms with van der Waals surface area (Å²) < 4.78 is 13.5. The number of halogens is 1. The van der Waals surface area contributed by atoms with Gasteiger partial charge in [0, 0.05) is 41.8 Å².